The summed E-state index contributed by atoms with van der Waals surface area (Å²) in [5.74, 6) is 2.06. The van der Waals surface area contributed by atoms with Gasteiger partial charge in [0.1, 0.15) is 29.7 Å². The lowest BCUT2D eigenvalue weighted by atomic mass is 10.2. The van der Waals surface area contributed by atoms with Crippen LogP contribution in [0.2, 0.25) is 0 Å². The Morgan fingerprint density at radius 1 is 1.44 bits per heavy atom. The number of morpholine rings is 1. The molecule has 0 saturated carbocycles. The molecule has 0 bridgehead atoms. The van der Waals surface area contributed by atoms with Crippen molar-refractivity contribution in [1.82, 2.24) is 14.9 Å². The third-order valence-electron chi connectivity index (χ3n) is 4.00. The van der Waals surface area contributed by atoms with Gasteiger partial charge in [0, 0.05) is 26.1 Å². The zero-order valence-corrected chi connectivity index (χ0v) is 14.4. The first-order valence-electron chi connectivity index (χ1n) is 8.25. The first-order valence-corrected chi connectivity index (χ1v) is 8.25. The summed E-state index contributed by atoms with van der Waals surface area (Å²) in [5, 5.41) is 2.81. The Balaban J connectivity index is 1.73. The third-order valence-corrected chi connectivity index (χ3v) is 4.00. The van der Waals surface area contributed by atoms with Crippen molar-refractivity contribution in [3.05, 3.63) is 41.7 Å². The second kappa shape index (κ2) is 8.09. The maximum atomic E-state index is 12.7. The Hall–Kier alpha value is -2.45. The lowest BCUT2D eigenvalue weighted by Gasteiger charge is -2.34. The summed E-state index contributed by atoms with van der Waals surface area (Å²) >= 11 is 0. The van der Waals surface area contributed by atoms with Crippen molar-refractivity contribution >= 4 is 11.8 Å². The summed E-state index contributed by atoms with van der Waals surface area (Å²) in [6.07, 6.45) is 2.21. The fourth-order valence-corrected chi connectivity index (χ4v) is 2.72. The van der Waals surface area contributed by atoms with Crippen molar-refractivity contribution in [2.24, 2.45) is 0 Å². The largest absolute Gasteiger partial charge is 0.464 e. The molecule has 3 heterocycles. The minimum Gasteiger partial charge on any atom is -0.464 e. The summed E-state index contributed by atoms with van der Waals surface area (Å²) in [6, 6.07) is 5.03. The van der Waals surface area contributed by atoms with Crippen LogP contribution in [0.15, 0.2) is 28.9 Å². The van der Waals surface area contributed by atoms with E-state index in [0.717, 1.165) is 17.9 Å². The molecule has 1 aliphatic heterocycles. The summed E-state index contributed by atoms with van der Waals surface area (Å²) in [7, 11) is 1.59. The normalized spacial score (nSPS) is 17.5. The summed E-state index contributed by atoms with van der Waals surface area (Å²) in [4.78, 5) is 22.6. The zero-order valence-electron chi connectivity index (χ0n) is 14.4. The lowest BCUT2D eigenvalue weighted by Crippen LogP contribution is -2.45. The van der Waals surface area contributed by atoms with E-state index in [1.807, 2.05) is 19.1 Å². The zero-order chi connectivity index (χ0) is 17.6. The highest BCUT2D eigenvalue weighted by atomic mass is 16.5. The molecule has 8 heteroatoms. The highest BCUT2D eigenvalue weighted by molar-refractivity contribution is 5.88. The standard InChI is InChI=1S/C17H22N4O4/c1-3-13-4-5-15(25-13)14-10-24-7-6-21(14)17(22)20-16-8-12(9-23-2)18-11-19-16/h4-5,8,11,14H,3,6-7,9-10H2,1-2H3,(H,18,19,20,22). The first-order chi connectivity index (χ1) is 12.2. The fraction of sp³-hybridized carbons (Fsp3) is 0.471. The van der Waals surface area contributed by atoms with E-state index in [4.69, 9.17) is 13.9 Å². The average Bonchev–Trinajstić information content (AvgIpc) is 3.11. The van der Waals surface area contributed by atoms with Gasteiger partial charge in [-0.2, -0.15) is 0 Å². The van der Waals surface area contributed by atoms with Crippen LogP contribution in [0.1, 0.15) is 30.2 Å². The van der Waals surface area contributed by atoms with Gasteiger partial charge in [-0.25, -0.2) is 14.8 Å². The number of rotatable bonds is 5. The number of urea groups is 1. The van der Waals surface area contributed by atoms with Crippen LogP contribution in [-0.2, 0) is 22.5 Å². The van der Waals surface area contributed by atoms with E-state index < -0.39 is 0 Å². The fourth-order valence-electron chi connectivity index (χ4n) is 2.72. The SMILES string of the molecule is CCc1ccc(C2COCCN2C(=O)Nc2cc(COC)ncn2)o1. The predicted octanol–water partition coefficient (Wildman–Crippen LogP) is 2.38. The molecule has 1 saturated heterocycles. The van der Waals surface area contributed by atoms with E-state index in [0.29, 0.717) is 37.9 Å². The average molecular weight is 346 g/mol. The number of hydrogen-bond donors (Lipinski definition) is 1. The number of carbonyl (C=O) groups excluding carboxylic acids is 1. The number of hydrogen-bond acceptors (Lipinski definition) is 6. The summed E-state index contributed by atoms with van der Waals surface area (Å²) in [5.41, 5.74) is 0.699. The topological polar surface area (TPSA) is 89.7 Å². The minimum atomic E-state index is -0.255. The Kier molecular flexibility index (Phi) is 5.62. The molecular formula is C17H22N4O4. The first kappa shape index (κ1) is 17.4. The number of nitrogens with one attached hydrogen (secondary N) is 1. The molecule has 1 unspecified atom stereocenters. The molecule has 1 atom stereocenters. The van der Waals surface area contributed by atoms with Crippen LogP contribution in [0, 0.1) is 0 Å². The molecule has 2 amide bonds. The van der Waals surface area contributed by atoms with E-state index >= 15 is 0 Å². The number of ether oxygens (including phenoxy) is 2. The van der Waals surface area contributed by atoms with Gasteiger partial charge in [-0.3, -0.25) is 5.32 Å². The number of methoxy groups -OCH3 is 1. The molecule has 0 radical (unpaired) electrons. The molecule has 0 aliphatic carbocycles. The van der Waals surface area contributed by atoms with Crippen LogP contribution < -0.4 is 5.32 Å². The number of aryl methyl sites for hydroxylation is 1. The molecule has 1 fully saturated rings. The van der Waals surface area contributed by atoms with Gasteiger partial charge in [-0.1, -0.05) is 6.92 Å². The minimum absolute atomic E-state index is 0.246. The Bertz CT molecular complexity index is 718. The van der Waals surface area contributed by atoms with Gasteiger partial charge in [0.15, 0.2) is 0 Å². The third kappa shape index (κ3) is 4.15. The molecule has 1 aliphatic rings. The van der Waals surface area contributed by atoms with Gasteiger partial charge in [0.2, 0.25) is 0 Å². The number of anilines is 1. The van der Waals surface area contributed by atoms with Crippen LogP contribution >= 0.6 is 0 Å². The van der Waals surface area contributed by atoms with Crippen molar-refractivity contribution in [2.75, 3.05) is 32.2 Å². The molecule has 8 nitrogen and oxygen atoms in total. The highest BCUT2D eigenvalue weighted by Crippen LogP contribution is 2.26. The van der Waals surface area contributed by atoms with Crippen LogP contribution in [-0.4, -0.2) is 47.8 Å². The second-order valence-corrected chi connectivity index (χ2v) is 5.70. The molecular weight excluding hydrogens is 324 g/mol. The van der Waals surface area contributed by atoms with E-state index in [1.165, 1.54) is 6.33 Å². The number of nitrogens with zero attached hydrogens (tertiary/aromatic N) is 3. The van der Waals surface area contributed by atoms with E-state index in [9.17, 15) is 4.79 Å². The number of furan rings is 1. The van der Waals surface area contributed by atoms with Crippen molar-refractivity contribution in [3.63, 3.8) is 0 Å². The lowest BCUT2D eigenvalue weighted by molar-refractivity contribution is 0.00700. The Morgan fingerprint density at radius 3 is 3.08 bits per heavy atom. The van der Waals surface area contributed by atoms with Crippen LogP contribution in [0.25, 0.3) is 0 Å². The van der Waals surface area contributed by atoms with Gasteiger partial charge in [-0.05, 0) is 12.1 Å². The van der Waals surface area contributed by atoms with Gasteiger partial charge in [0.05, 0.1) is 25.5 Å². The van der Waals surface area contributed by atoms with Crippen LogP contribution in [0.3, 0.4) is 0 Å². The highest BCUT2D eigenvalue weighted by Gasteiger charge is 2.31. The Morgan fingerprint density at radius 2 is 2.32 bits per heavy atom. The predicted molar refractivity (Wildman–Crippen MR) is 90.1 cm³/mol. The second-order valence-electron chi connectivity index (χ2n) is 5.70. The molecule has 1 N–H and O–H groups in total. The molecule has 2 aromatic rings. The molecule has 3 rings (SSSR count). The molecule has 25 heavy (non-hydrogen) atoms. The van der Waals surface area contributed by atoms with Crippen molar-refractivity contribution in [3.8, 4) is 0 Å². The van der Waals surface area contributed by atoms with E-state index in [-0.39, 0.29) is 12.1 Å². The van der Waals surface area contributed by atoms with Gasteiger partial charge >= 0.3 is 6.03 Å². The van der Waals surface area contributed by atoms with Crippen molar-refractivity contribution in [2.45, 2.75) is 26.0 Å². The van der Waals surface area contributed by atoms with Crippen LogP contribution in [0.5, 0.6) is 0 Å². The molecule has 0 aromatic carbocycles. The monoisotopic (exact) mass is 346 g/mol. The smallest absolute Gasteiger partial charge is 0.323 e. The Labute approximate surface area is 146 Å². The number of carbonyl (C=O) groups is 1. The van der Waals surface area contributed by atoms with Gasteiger partial charge in [-0.15, -0.1) is 0 Å². The molecule has 0 spiro atoms. The van der Waals surface area contributed by atoms with Crippen LogP contribution in [0.4, 0.5) is 10.6 Å². The van der Waals surface area contributed by atoms with Crippen molar-refractivity contribution in [1.29, 1.82) is 0 Å². The summed E-state index contributed by atoms with van der Waals surface area (Å²) < 4.78 is 16.4. The quantitative estimate of drug-likeness (QED) is 0.894. The molecule has 134 valence electrons. The summed E-state index contributed by atoms with van der Waals surface area (Å²) in [6.45, 7) is 3.76. The molecule has 2 aromatic heterocycles. The van der Waals surface area contributed by atoms with Gasteiger partial charge in [0.25, 0.3) is 0 Å². The van der Waals surface area contributed by atoms with Crippen molar-refractivity contribution < 1.29 is 18.7 Å². The number of aromatic nitrogens is 2. The van der Waals surface area contributed by atoms with Gasteiger partial charge < -0.3 is 18.8 Å². The van der Waals surface area contributed by atoms with E-state index in [2.05, 4.69) is 15.3 Å². The maximum absolute atomic E-state index is 12.7. The number of amides is 2. The maximum Gasteiger partial charge on any atom is 0.323 e. The van der Waals surface area contributed by atoms with E-state index in [1.54, 1.807) is 18.1 Å².